The van der Waals surface area contributed by atoms with Gasteiger partial charge in [-0.15, -0.1) is 0 Å². The number of hydrogen-bond acceptors (Lipinski definition) is 4. The van der Waals surface area contributed by atoms with E-state index >= 15 is 0 Å². The monoisotopic (exact) mass is 232 g/mol. The van der Waals surface area contributed by atoms with Crippen LogP contribution in [0.2, 0.25) is 0 Å². The number of aromatic amines is 1. The summed E-state index contributed by atoms with van der Waals surface area (Å²) in [5, 5.41) is 0. The lowest BCUT2D eigenvalue weighted by Gasteiger charge is -2.00. The Hall–Kier alpha value is -2.17. The molecule has 88 valence electrons. The molecule has 0 aliphatic carbocycles. The van der Waals surface area contributed by atoms with Crippen LogP contribution in [-0.4, -0.2) is 23.9 Å². The minimum atomic E-state index is 0.279. The molecule has 1 aromatic carbocycles. The molecule has 5 nitrogen and oxygen atoms in total. The van der Waals surface area contributed by atoms with Gasteiger partial charge in [0.1, 0.15) is 0 Å². The summed E-state index contributed by atoms with van der Waals surface area (Å²) in [6, 6.07) is 6.27. The van der Waals surface area contributed by atoms with Crippen molar-refractivity contribution in [1.29, 1.82) is 0 Å². The molecule has 2 heterocycles. The van der Waals surface area contributed by atoms with Crippen LogP contribution in [0.4, 0.5) is 0 Å². The van der Waals surface area contributed by atoms with Gasteiger partial charge in [-0.25, -0.2) is 0 Å². The van der Waals surface area contributed by atoms with Gasteiger partial charge in [-0.3, -0.25) is 0 Å². The number of rotatable bonds is 2. The molecule has 2 aromatic rings. The zero-order valence-electron chi connectivity index (χ0n) is 9.61. The van der Waals surface area contributed by atoms with Gasteiger partial charge in [0, 0.05) is 11.3 Å². The maximum atomic E-state index is 5.34. The summed E-state index contributed by atoms with van der Waals surface area (Å²) in [6.45, 7) is 2.23. The number of fused-ring (bicyclic) bond motifs is 1. The van der Waals surface area contributed by atoms with Gasteiger partial charge in [0.25, 0.3) is 6.01 Å². The minimum absolute atomic E-state index is 0.279. The summed E-state index contributed by atoms with van der Waals surface area (Å²) in [4.78, 5) is 7.40. The Morgan fingerprint density at radius 2 is 2.12 bits per heavy atom. The molecule has 1 N–H and O–H groups in total. The second kappa shape index (κ2) is 3.69. The molecular formula is C12H12N2O3. The van der Waals surface area contributed by atoms with Crippen LogP contribution in [0.25, 0.3) is 11.3 Å². The third-order valence-electron chi connectivity index (χ3n) is 2.70. The normalized spacial score (nSPS) is 12.8. The molecule has 0 bridgehead atoms. The number of hydrogen-bond donors (Lipinski definition) is 1. The zero-order valence-corrected chi connectivity index (χ0v) is 9.61. The quantitative estimate of drug-likeness (QED) is 0.861. The fraction of sp³-hybridized carbons (Fsp3) is 0.250. The number of ether oxygens (including phenoxy) is 3. The average molecular weight is 232 g/mol. The van der Waals surface area contributed by atoms with Crippen LogP contribution in [0.15, 0.2) is 18.2 Å². The first-order valence-corrected chi connectivity index (χ1v) is 5.28. The van der Waals surface area contributed by atoms with Crippen LogP contribution in [0, 0.1) is 6.92 Å². The zero-order chi connectivity index (χ0) is 11.8. The summed E-state index contributed by atoms with van der Waals surface area (Å²) in [6.07, 6.45) is 0. The van der Waals surface area contributed by atoms with E-state index in [1.165, 1.54) is 0 Å². The molecule has 0 amide bonds. The lowest BCUT2D eigenvalue weighted by molar-refractivity contribution is 0.174. The topological polar surface area (TPSA) is 56.4 Å². The van der Waals surface area contributed by atoms with E-state index in [-0.39, 0.29) is 6.79 Å². The SMILES string of the molecule is COc1nc(-c2ccc3c(c2)OCO3)c(C)[nH]1. The Bertz CT molecular complexity index is 563. The van der Waals surface area contributed by atoms with Crippen LogP contribution in [0.1, 0.15) is 5.69 Å². The molecule has 0 radical (unpaired) electrons. The molecule has 1 aliphatic rings. The van der Waals surface area contributed by atoms with Gasteiger partial charge >= 0.3 is 0 Å². The number of H-pyrrole nitrogens is 1. The van der Waals surface area contributed by atoms with Crippen molar-refractivity contribution < 1.29 is 14.2 Å². The van der Waals surface area contributed by atoms with Crippen molar-refractivity contribution in [3.8, 4) is 28.8 Å². The van der Waals surface area contributed by atoms with Gasteiger partial charge in [0.15, 0.2) is 11.5 Å². The number of aromatic nitrogens is 2. The fourth-order valence-corrected chi connectivity index (χ4v) is 1.85. The number of aryl methyl sites for hydroxylation is 1. The van der Waals surface area contributed by atoms with Crippen molar-refractivity contribution in [1.82, 2.24) is 9.97 Å². The van der Waals surface area contributed by atoms with Crippen molar-refractivity contribution >= 4 is 0 Å². The molecular weight excluding hydrogens is 220 g/mol. The summed E-state index contributed by atoms with van der Waals surface area (Å²) in [5.74, 6) is 1.53. The third-order valence-corrected chi connectivity index (χ3v) is 2.70. The van der Waals surface area contributed by atoms with Crippen molar-refractivity contribution in [3.63, 3.8) is 0 Å². The molecule has 3 rings (SSSR count). The second-order valence-corrected chi connectivity index (χ2v) is 3.79. The summed E-state index contributed by atoms with van der Waals surface area (Å²) < 4.78 is 15.7. The Balaban J connectivity index is 2.06. The third kappa shape index (κ3) is 1.60. The first-order valence-electron chi connectivity index (χ1n) is 5.28. The van der Waals surface area contributed by atoms with E-state index < -0.39 is 0 Å². The van der Waals surface area contributed by atoms with Crippen molar-refractivity contribution in [2.75, 3.05) is 13.9 Å². The maximum Gasteiger partial charge on any atom is 0.294 e. The molecule has 0 unspecified atom stereocenters. The second-order valence-electron chi connectivity index (χ2n) is 3.79. The predicted octanol–water partition coefficient (Wildman–Crippen LogP) is 2.12. The number of methoxy groups -OCH3 is 1. The molecule has 0 saturated heterocycles. The first kappa shape index (κ1) is 10.0. The van der Waals surface area contributed by atoms with Gasteiger partial charge in [0.05, 0.1) is 12.8 Å². The Morgan fingerprint density at radius 1 is 1.29 bits per heavy atom. The van der Waals surface area contributed by atoms with Crippen LogP contribution >= 0.6 is 0 Å². The van der Waals surface area contributed by atoms with E-state index in [4.69, 9.17) is 14.2 Å². The first-order chi connectivity index (χ1) is 8.28. The molecule has 0 atom stereocenters. The molecule has 5 heteroatoms. The minimum Gasteiger partial charge on any atom is -0.468 e. The van der Waals surface area contributed by atoms with Crippen LogP contribution in [-0.2, 0) is 0 Å². The standard InChI is InChI=1S/C12H12N2O3/c1-7-11(14-12(13-7)15-2)8-3-4-9-10(5-8)17-6-16-9/h3-5H,6H2,1-2H3,(H,13,14). The molecule has 0 spiro atoms. The predicted molar refractivity (Wildman–Crippen MR) is 61.4 cm³/mol. The summed E-state index contributed by atoms with van der Waals surface area (Å²) in [5.41, 5.74) is 2.80. The van der Waals surface area contributed by atoms with E-state index in [1.54, 1.807) is 7.11 Å². The highest BCUT2D eigenvalue weighted by atomic mass is 16.7. The number of nitrogens with zero attached hydrogens (tertiary/aromatic N) is 1. The Kier molecular flexibility index (Phi) is 2.18. The Morgan fingerprint density at radius 3 is 2.88 bits per heavy atom. The molecule has 17 heavy (non-hydrogen) atoms. The lowest BCUT2D eigenvalue weighted by atomic mass is 10.1. The van der Waals surface area contributed by atoms with E-state index in [1.807, 2.05) is 25.1 Å². The molecule has 1 aliphatic heterocycles. The van der Waals surface area contributed by atoms with Crippen molar-refractivity contribution in [2.45, 2.75) is 6.92 Å². The fourth-order valence-electron chi connectivity index (χ4n) is 1.85. The van der Waals surface area contributed by atoms with Gasteiger partial charge in [0.2, 0.25) is 6.79 Å². The number of imidazole rings is 1. The highest BCUT2D eigenvalue weighted by Crippen LogP contribution is 2.36. The van der Waals surface area contributed by atoms with E-state index in [0.29, 0.717) is 6.01 Å². The number of nitrogens with one attached hydrogen (secondary N) is 1. The summed E-state index contributed by atoms with van der Waals surface area (Å²) in [7, 11) is 1.59. The van der Waals surface area contributed by atoms with Gasteiger partial charge < -0.3 is 19.2 Å². The van der Waals surface area contributed by atoms with E-state index in [0.717, 1.165) is 28.5 Å². The lowest BCUT2D eigenvalue weighted by Crippen LogP contribution is -1.92. The van der Waals surface area contributed by atoms with Crippen molar-refractivity contribution in [2.24, 2.45) is 0 Å². The molecule has 1 aromatic heterocycles. The van der Waals surface area contributed by atoms with Crippen molar-refractivity contribution in [3.05, 3.63) is 23.9 Å². The van der Waals surface area contributed by atoms with Crippen LogP contribution in [0.3, 0.4) is 0 Å². The van der Waals surface area contributed by atoms with E-state index in [2.05, 4.69) is 9.97 Å². The largest absolute Gasteiger partial charge is 0.468 e. The van der Waals surface area contributed by atoms with Crippen LogP contribution in [0.5, 0.6) is 17.5 Å². The highest BCUT2D eigenvalue weighted by Gasteiger charge is 2.16. The molecule has 0 saturated carbocycles. The van der Waals surface area contributed by atoms with Gasteiger partial charge in [-0.1, -0.05) is 0 Å². The summed E-state index contributed by atoms with van der Waals surface area (Å²) >= 11 is 0. The maximum absolute atomic E-state index is 5.34. The Labute approximate surface area is 98.3 Å². The van der Waals surface area contributed by atoms with Gasteiger partial charge in [-0.05, 0) is 25.1 Å². The van der Waals surface area contributed by atoms with Gasteiger partial charge in [-0.2, -0.15) is 4.98 Å². The molecule has 0 fully saturated rings. The smallest absolute Gasteiger partial charge is 0.294 e. The van der Waals surface area contributed by atoms with E-state index in [9.17, 15) is 0 Å². The van der Waals surface area contributed by atoms with Crippen LogP contribution < -0.4 is 14.2 Å². The number of benzene rings is 1. The highest BCUT2D eigenvalue weighted by molar-refractivity contribution is 5.66. The average Bonchev–Trinajstić information content (AvgIpc) is 2.93.